The molecule has 0 spiro atoms. The molecule has 0 aromatic carbocycles. The molecule has 0 aliphatic carbocycles. The molecule has 0 amide bonds. The number of nitrogens with zero attached hydrogens (tertiary/aromatic N) is 1. The lowest BCUT2D eigenvalue weighted by molar-refractivity contribution is 0.266. The molecule has 1 unspecified atom stereocenters. The Labute approximate surface area is 80.2 Å². The summed E-state index contributed by atoms with van der Waals surface area (Å²) in [5.41, 5.74) is 6.24. The fourth-order valence-corrected chi connectivity index (χ4v) is 1.59. The minimum atomic E-state index is -0.273. The highest BCUT2D eigenvalue weighted by atomic mass is 16.3. The van der Waals surface area contributed by atoms with Crippen LogP contribution in [0.1, 0.15) is 12.1 Å². The Hall–Kier alpha value is -1.56. The van der Waals surface area contributed by atoms with Gasteiger partial charge in [-0.3, -0.25) is 9.78 Å². The summed E-state index contributed by atoms with van der Waals surface area (Å²) in [4.78, 5) is 17.9. The van der Waals surface area contributed by atoms with Crippen molar-refractivity contribution < 1.29 is 5.11 Å². The summed E-state index contributed by atoms with van der Waals surface area (Å²) in [5, 5.41) is 11.9. The highest BCUT2D eigenvalue weighted by Gasteiger charge is 2.20. The van der Waals surface area contributed by atoms with Gasteiger partial charge in [0, 0.05) is 6.04 Å². The van der Waals surface area contributed by atoms with Gasteiger partial charge in [0.25, 0.3) is 5.56 Å². The van der Waals surface area contributed by atoms with E-state index in [4.69, 9.17) is 10.8 Å². The second kappa shape index (κ2) is 3.30. The average Bonchev–Trinajstić information content (AvgIpc) is 2.17. The van der Waals surface area contributed by atoms with Crippen molar-refractivity contribution in [1.82, 2.24) is 9.97 Å². The maximum Gasteiger partial charge on any atom is 0.275 e. The molecule has 76 valence electrons. The number of aliphatic hydroxyl groups excluding tert-OH is 1. The fourth-order valence-electron chi connectivity index (χ4n) is 1.59. The largest absolute Gasteiger partial charge is 0.394 e. The number of rotatable bonds is 1. The van der Waals surface area contributed by atoms with Gasteiger partial charge in [-0.15, -0.1) is 0 Å². The number of hydrogen-bond acceptors (Lipinski definition) is 5. The van der Waals surface area contributed by atoms with Gasteiger partial charge in [-0.25, -0.2) is 4.98 Å². The number of anilines is 2. The van der Waals surface area contributed by atoms with Crippen LogP contribution in [0.15, 0.2) is 4.79 Å². The third-order valence-corrected chi connectivity index (χ3v) is 2.31. The number of nitrogens with two attached hydrogens (primary N) is 1. The van der Waals surface area contributed by atoms with Gasteiger partial charge in [0.05, 0.1) is 12.3 Å². The third kappa shape index (κ3) is 1.44. The first kappa shape index (κ1) is 9.01. The van der Waals surface area contributed by atoms with Crippen LogP contribution in [-0.2, 0) is 6.42 Å². The van der Waals surface area contributed by atoms with Crippen LogP contribution in [0.2, 0.25) is 0 Å². The molecule has 1 aliphatic heterocycles. The van der Waals surface area contributed by atoms with Crippen LogP contribution in [-0.4, -0.2) is 27.7 Å². The van der Waals surface area contributed by atoms with Crippen LogP contribution in [0.25, 0.3) is 0 Å². The van der Waals surface area contributed by atoms with Crippen molar-refractivity contribution in [3.8, 4) is 0 Å². The number of aromatic amines is 1. The van der Waals surface area contributed by atoms with Gasteiger partial charge < -0.3 is 16.2 Å². The van der Waals surface area contributed by atoms with E-state index in [0.29, 0.717) is 17.8 Å². The van der Waals surface area contributed by atoms with Crippen molar-refractivity contribution in [2.75, 3.05) is 17.7 Å². The molecule has 0 fully saturated rings. The maximum absolute atomic E-state index is 11.4. The topological polar surface area (TPSA) is 104 Å². The van der Waals surface area contributed by atoms with Gasteiger partial charge in [0.15, 0.2) is 0 Å². The molecule has 1 aromatic heterocycles. The standard InChI is InChI=1S/C8H12N4O2/c9-8-11-5-2-1-4(3-13)10-6(5)7(14)12-8/h4,10,13H,1-3H2,(H3,9,11,12,14). The lowest BCUT2D eigenvalue weighted by Crippen LogP contribution is -2.34. The van der Waals surface area contributed by atoms with Crippen LogP contribution in [0.4, 0.5) is 11.6 Å². The number of nitrogen functional groups attached to an aromatic ring is 1. The molecule has 14 heavy (non-hydrogen) atoms. The van der Waals surface area contributed by atoms with Crippen LogP contribution in [0, 0.1) is 0 Å². The molecule has 6 nitrogen and oxygen atoms in total. The number of nitrogens with one attached hydrogen (secondary N) is 2. The van der Waals surface area contributed by atoms with E-state index in [9.17, 15) is 4.79 Å². The zero-order valence-electron chi connectivity index (χ0n) is 7.58. The summed E-state index contributed by atoms with van der Waals surface area (Å²) in [6.45, 7) is 0.0171. The van der Waals surface area contributed by atoms with Crippen LogP contribution in [0.3, 0.4) is 0 Å². The van der Waals surface area contributed by atoms with E-state index < -0.39 is 0 Å². The highest BCUT2D eigenvalue weighted by Crippen LogP contribution is 2.18. The zero-order valence-corrected chi connectivity index (χ0v) is 7.58. The normalized spacial score (nSPS) is 19.9. The summed E-state index contributed by atoms with van der Waals surface area (Å²) in [7, 11) is 0. The van der Waals surface area contributed by atoms with Crippen molar-refractivity contribution in [2.24, 2.45) is 0 Å². The molecule has 5 N–H and O–H groups in total. The Bertz CT molecular complexity index is 401. The van der Waals surface area contributed by atoms with Crippen molar-refractivity contribution in [2.45, 2.75) is 18.9 Å². The molecule has 0 saturated heterocycles. The highest BCUT2D eigenvalue weighted by molar-refractivity contribution is 5.50. The van der Waals surface area contributed by atoms with Crippen LogP contribution in [0.5, 0.6) is 0 Å². The number of aryl methyl sites for hydroxylation is 1. The van der Waals surface area contributed by atoms with E-state index in [1.165, 1.54) is 0 Å². The molecule has 2 rings (SSSR count). The molecule has 2 heterocycles. The Morgan fingerprint density at radius 1 is 1.64 bits per heavy atom. The Morgan fingerprint density at radius 2 is 2.43 bits per heavy atom. The van der Waals surface area contributed by atoms with Gasteiger partial charge >= 0.3 is 0 Å². The first-order valence-electron chi connectivity index (χ1n) is 4.46. The zero-order chi connectivity index (χ0) is 10.1. The number of aromatic nitrogens is 2. The quantitative estimate of drug-likeness (QED) is 0.464. The van der Waals surface area contributed by atoms with Crippen molar-refractivity contribution in [1.29, 1.82) is 0 Å². The van der Waals surface area contributed by atoms with E-state index in [0.717, 1.165) is 6.42 Å². The Balaban J connectivity index is 2.42. The summed E-state index contributed by atoms with van der Waals surface area (Å²) in [5.74, 6) is 0.137. The molecule has 0 bridgehead atoms. The van der Waals surface area contributed by atoms with Gasteiger partial charge in [-0.1, -0.05) is 0 Å². The van der Waals surface area contributed by atoms with E-state index >= 15 is 0 Å². The van der Waals surface area contributed by atoms with Crippen molar-refractivity contribution >= 4 is 11.6 Å². The Kier molecular flexibility index (Phi) is 2.12. The van der Waals surface area contributed by atoms with E-state index in [1.54, 1.807) is 0 Å². The number of H-pyrrole nitrogens is 1. The van der Waals surface area contributed by atoms with Crippen molar-refractivity contribution in [3.63, 3.8) is 0 Å². The molecule has 1 atom stereocenters. The third-order valence-electron chi connectivity index (χ3n) is 2.31. The summed E-state index contributed by atoms with van der Waals surface area (Å²) in [6, 6.07) is -0.0611. The second-order valence-corrected chi connectivity index (χ2v) is 3.34. The first-order valence-corrected chi connectivity index (χ1v) is 4.46. The number of fused-ring (bicyclic) bond motifs is 1. The molecular weight excluding hydrogens is 184 g/mol. The lowest BCUT2D eigenvalue weighted by Gasteiger charge is -2.23. The molecule has 1 aliphatic rings. The van der Waals surface area contributed by atoms with Gasteiger partial charge in [0.2, 0.25) is 5.95 Å². The van der Waals surface area contributed by atoms with Gasteiger partial charge in [0.1, 0.15) is 5.69 Å². The smallest absolute Gasteiger partial charge is 0.275 e. The predicted octanol–water partition coefficient (Wildman–Crippen LogP) is -0.929. The van der Waals surface area contributed by atoms with Crippen LogP contribution < -0.4 is 16.6 Å². The number of aliphatic hydroxyl groups is 1. The van der Waals surface area contributed by atoms with Gasteiger partial charge in [-0.05, 0) is 12.8 Å². The first-order chi connectivity index (χ1) is 6.70. The molecule has 0 radical (unpaired) electrons. The molecule has 1 aromatic rings. The fraction of sp³-hybridized carbons (Fsp3) is 0.500. The Morgan fingerprint density at radius 3 is 3.14 bits per heavy atom. The van der Waals surface area contributed by atoms with Gasteiger partial charge in [-0.2, -0.15) is 0 Å². The van der Waals surface area contributed by atoms with Crippen LogP contribution >= 0.6 is 0 Å². The van der Waals surface area contributed by atoms with Crippen molar-refractivity contribution in [3.05, 3.63) is 16.0 Å². The SMILES string of the molecule is Nc1nc2c(c(=O)[nH]1)NC(CO)CC2. The minimum Gasteiger partial charge on any atom is -0.394 e. The van der Waals surface area contributed by atoms with E-state index in [-0.39, 0.29) is 24.2 Å². The van der Waals surface area contributed by atoms with E-state index in [1.807, 2.05) is 0 Å². The lowest BCUT2D eigenvalue weighted by atomic mass is 10.0. The summed E-state index contributed by atoms with van der Waals surface area (Å²) >= 11 is 0. The predicted molar refractivity (Wildman–Crippen MR) is 52.1 cm³/mol. The molecule has 6 heteroatoms. The summed E-state index contributed by atoms with van der Waals surface area (Å²) < 4.78 is 0. The monoisotopic (exact) mass is 196 g/mol. The average molecular weight is 196 g/mol. The molecular formula is C8H12N4O2. The minimum absolute atomic E-state index is 0.0171. The van der Waals surface area contributed by atoms with E-state index in [2.05, 4.69) is 15.3 Å². The second-order valence-electron chi connectivity index (χ2n) is 3.34. The maximum atomic E-state index is 11.4. The summed E-state index contributed by atoms with van der Waals surface area (Å²) in [6.07, 6.45) is 1.43. The molecule has 0 saturated carbocycles. The number of hydrogen-bond donors (Lipinski definition) is 4.